The van der Waals surface area contributed by atoms with Crippen molar-refractivity contribution in [2.24, 2.45) is 0 Å². The second-order valence-electron chi connectivity index (χ2n) is 3.87. The van der Waals surface area contributed by atoms with Crippen LogP contribution in [-0.2, 0) is 26.5 Å². The van der Waals surface area contributed by atoms with E-state index in [0.29, 0.717) is 5.73 Å². The summed E-state index contributed by atoms with van der Waals surface area (Å²) in [7, 11) is 1.20. The van der Waals surface area contributed by atoms with Crippen LogP contribution in [0.4, 0.5) is 0 Å². The van der Waals surface area contributed by atoms with Crippen molar-refractivity contribution in [1.29, 1.82) is 0 Å². The molecular weight excluding hydrogens is 295 g/mol. The number of methoxy groups -OCH3 is 1. The fraction of sp³-hybridized carbons (Fsp3) is 0.636. The topological polar surface area (TPSA) is 9.23 Å². The molecule has 1 unspecified atom stereocenters. The third kappa shape index (κ3) is 8.10. The fourth-order valence-electron chi connectivity index (χ4n) is 1.64. The molecule has 0 aromatic carbocycles. The molecule has 0 amide bonds. The summed E-state index contributed by atoms with van der Waals surface area (Å²) < 4.78 is 5.47. The van der Waals surface area contributed by atoms with Gasteiger partial charge in [-0.2, -0.15) is 6.08 Å². The number of hydrogen-bond acceptors (Lipinski definition) is 1. The summed E-state index contributed by atoms with van der Waals surface area (Å²) in [5, 5.41) is 0. The summed E-state index contributed by atoms with van der Waals surface area (Å²) in [6.07, 6.45) is 11.0. The van der Waals surface area contributed by atoms with Crippen molar-refractivity contribution in [3.8, 4) is 0 Å². The number of rotatable bonds is 5. The summed E-state index contributed by atoms with van der Waals surface area (Å²) in [5.74, 6) is 0. The molecule has 1 atom stereocenters. The van der Waals surface area contributed by atoms with Gasteiger partial charge >= 0.3 is 21.7 Å². The Morgan fingerprint density at radius 2 is 2.06 bits per heavy atom. The second kappa shape index (κ2) is 12.4. The Hall–Kier alpha value is 0.951. The molecule has 0 aromatic rings. The van der Waals surface area contributed by atoms with Crippen molar-refractivity contribution in [2.75, 3.05) is 7.11 Å². The normalized spacial score (nSPS) is 14.6. The molecular formula is C11H19Cl2OSiTi. The van der Waals surface area contributed by atoms with Gasteiger partial charge in [-0.15, -0.1) is 6.42 Å². The molecule has 16 heavy (non-hydrogen) atoms. The summed E-state index contributed by atoms with van der Waals surface area (Å²) in [6, 6.07) is 0. The zero-order valence-corrected chi connectivity index (χ0v) is 14.3. The number of halogens is 2. The molecule has 0 saturated carbocycles. The Morgan fingerprint density at radius 3 is 2.44 bits per heavy atom. The smallest absolute Gasteiger partial charge is 1.00 e. The van der Waals surface area contributed by atoms with E-state index in [1.165, 1.54) is 12.0 Å². The van der Waals surface area contributed by atoms with Crippen LogP contribution in [0, 0.1) is 6.08 Å². The van der Waals surface area contributed by atoms with Crippen molar-refractivity contribution in [3.63, 3.8) is 0 Å². The van der Waals surface area contributed by atoms with Crippen molar-refractivity contribution in [2.45, 2.75) is 38.1 Å². The van der Waals surface area contributed by atoms with E-state index >= 15 is 0 Å². The first-order valence-electron chi connectivity index (χ1n) is 5.03. The molecule has 1 aliphatic rings. The van der Waals surface area contributed by atoms with Crippen LogP contribution in [0.15, 0.2) is 17.7 Å². The van der Waals surface area contributed by atoms with Crippen LogP contribution in [0.5, 0.6) is 0 Å². The van der Waals surface area contributed by atoms with Crippen LogP contribution in [0.25, 0.3) is 0 Å². The Labute approximate surface area is 128 Å². The van der Waals surface area contributed by atoms with Gasteiger partial charge in [0.25, 0.3) is 0 Å². The molecule has 0 saturated heterocycles. The van der Waals surface area contributed by atoms with Gasteiger partial charge in [0, 0.05) is 12.8 Å². The minimum absolute atomic E-state index is 0. The predicted molar refractivity (Wildman–Crippen MR) is 59.4 cm³/mol. The van der Waals surface area contributed by atoms with Gasteiger partial charge in [-0.25, -0.2) is 11.6 Å². The van der Waals surface area contributed by atoms with Gasteiger partial charge in [0.05, 0.1) is 8.80 Å². The average molecular weight is 314 g/mol. The van der Waals surface area contributed by atoms with Gasteiger partial charge in [-0.1, -0.05) is 19.5 Å². The Balaban J connectivity index is -0.000000563. The summed E-state index contributed by atoms with van der Waals surface area (Å²) >= 11 is 0. The molecule has 0 fully saturated rings. The van der Waals surface area contributed by atoms with Crippen LogP contribution >= 0.6 is 0 Å². The molecule has 0 spiro atoms. The van der Waals surface area contributed by atoms with E-state index in [9.17, 15) is 0 Å². The van der Waals surface area contributed by atoms with Crippen LogP contribution in [0.2, 0.25) is 13.1 Å². The van der Waals surface area contributed by atoms with Crippen molar-refractivity contribution < 1.29 is 51.3 Å². The number of hydrogen-bond donors (Lipinski definition) is 0. The van der Waals surface area contributed by atoms with Crippen LogP contribution in [0.1, 0.15) is 19.3 Å². The Kier molecular flexibility index (Phi) is 17.2. The SMILES string of the molecule is COC(CCC1=[C-]CC=C1)[SiH](C)C.[Cl-].[Cl-].[Ti+3]. The van der Waals surface area contributed by atoms with Crippen molar-refractivity contribution in [1.82, 2.24) is 0 Å². The Bertz CT molecular complexity index is 220. The first-order chi connectivity index (χ1) is 6.24. The van der Waals surface area contributed by atoms with Crippen LogP contribution < -0.4 is 24.8 Å². The van der Waals surface area contributed by atoms with E-state index in [1.54, 1.807) is 0 Å². The molecule has 0 aromatic heterocycles. The molecule has 0 bridgehead atoms. The van der Waals surface area contributed by atoms with E-state index in [1.807, 2.05) is 7.11 Å². The van der Waals surface area contributed by atoms with E-state index in [0.717, 1.165) is 12.8 Å². The third-order valence-electron chi connectivity index (χ3n) is 2.51. The molecule has 1 rings (SSSR count). The van der Waals surface area contributed by atoms with Crippen LogP contribution in [-0.4, -0.2) is 21.6 Å². The Morgan fingerprint density at radius 1 is 1.44 bits per heavy atom. The zero-order valence-electron chi connectivity index (χ0n) is 10.1. The molecule has 0 heterocycles. The fourth-order valence-corrected chi connectivity index (χ4v) is 3.02. The quantitative estimate of drug-likeness (QED) is 0.378. The summed E-state index contributed by atoms with van der Waals surface area (Å²) in [4.78, 5) is 0. The van der Waals surface area contributed by atoms with Gasteiger partial charge in [-0.05, 0) is 6.42 Å². The number of allylic oxidation sites excluding steroid dienone is 4. The first-order valence-corrected chi connectivity index (χ1v) is 8.00. The molecule has 1 aliphatic carbocycles. The molecule has 0 N–H and O–H groups in total. The number of ether oxygens (including phenoxy) is 1. The van der Waals surface area contributed by atoms with Gasteiger partial charge in [0.1, 0.15) is 0 Å². The summed E-state index contributed by atoms with van der Waals surface area (Å²) in [5.41, 5.74) is 1.90. The maximum Gasteiger partial charge on any atom is 3.00 e. The maximum atomic E-state index is 5.47. The largest absolute Gasteiger partial charge is 3.00 e. The van der Waals surface area contributed by atoms with Crippen molar-refractivity contribution in [3.05, 3.63) is 23.8 Å². The van der Waals surface area contributed by atoms with E-state index in [4.69, 9.17) is 4.74 Å². The van der Waals surface area contributed by atoms with Crippen molar-refractivity contribution >= 4 is 8.80 Å². The van der Waals surface area contributed by atoms with Gasteiger partial charge in [0.15, 0.2) is 0 Å². The van der Waals surface area contributed by atoms with E-state index in [2.05, 4.69) is 31.3 Å². The first kappa shape index (κ1) is 22.2. The van der Waals surface area contributed by atoms with Gasteiger partial charge in [-0.3, -0.25) is 6.08 Å². The minimum Gasteiger partial charge on any atom is -1.00 e. The standard InChI is InChI=1S/C11H19OSi.2ClH.Ti/c1-12-11(13(2)3)9-8-10-6-4-5-7-10;;;/h4,6,11,13H,5,8-9H2,1-3H3;2*1H;/q-1;;;+3/p-2. The monoisotopic (exact) mass is 313 g/mol. The zero-order chi connectivity index (χ0) is 9.68. The summed E-state index contributed by atoms with van der Waals surface area (Å²) in [6.45, 7) is 4.69. The average Bonchev–Trinajstić information content (AvgIpc) is 2.57. The molecule has 5 heteroatoms. The molecule has 1 nitrogen and oxygen atoms in total. The molecule has 0 aliphatic heterocycles. The van der Waals surface area contributed by atoms with E-state index < -0.39 is 8.80 Å². The molecule has 91 valence electrons. The second-order valence-corrected chi connectivity index (χ2v) is 7.10. The third-order valence-corrected chi connectivity index (χ3v) is 4.60. The van der Waals surface area contributed by atoms with E-state index in [-0.39, 0.29) is 46.5 Å². The minimum atomic E-state index is -0.633. The molecule has 1 radical (unpaired) electrons. The van der Waals surface area contributed by atoms with Gasteiger partial charge < -0.3 is 29.6 Å². The maximum absolute atomic E-state index is 5.47. The predicted octanol–water partition coefficient (Wildman–Crippen LogP) is -3.50. The van der Waals surface area contributed by atoms with Gasteiger partial charge in [0.2, 0.25) is 0 Å². The van der Waals surface area contributed by atoms with Crippen LogP contribution in [0.3, 0.4) is 0 Å².